The van der Waals surface area contributed by atoms with E-state index in [-0.39, 0.29) is 0 Å². The maximum atomic E-state index is 10.9. The minimum Gasteiger partial charge on any atom is -0.393 e. The van der Waals surface area contributed by atoms with Crippen molar-refractivity contribution in [1.29, 1.82) is 0 Å². The van der Waals surface area contributed by atoms with Gasteiger partial charge in [-0.1, -0.05) is 6.92 Å². The molecule has 0 aromatic heterocycles. The summed E-state index contributed by atoms with van der Waals surface area (Å²) in [5.74, 6) is -0.905. The van der Waals surface area contributed by atoms with E-state index >= 15 is 0 Å². The summed E-state index contributed by atoms with van der Waals surface area (Å²) in [5, 5.41) is 27.5. The molecule has 4 N–H and O–H groups in total. The molecule has 0 bridgehead atoms. The van der Waals surface area contributed by atoms with Crippen LogP contribution in [0.5, 0.6) is 0 Å². The molecule has 1 amide bonds. The van der Waals surface area contributed by atoms with Crippen LogP contribution in [0.4, 0.5) is 0 Å². The van der Waals surface area contributed by atoms with Crippen molar-refractivity contribution < 1.29 is 20.1 Å². The Morgan fingerprint density at radius 2 is 1.83 bits per heavy atom. The zero-order valence-electron chi connectivity index (χ0n) is 7.19. The lowest BCUT2D eigenvalue weighted by molar-refractivity contribution is -0.138. The van der Waals surface area contributed by atoms with Gasteiger partial charge in [0.2, 0.25) is 12.3 Å². The van der Waals surface area contributed by atoms with Gasteiger partial charge in [0.25, 0.3) is 0 Å². The van der Waals surface area contributed by atoms with E-state index in [1.54, 1.807) is 13.8 Å². The molecule has 0 aromatic carbocycles. The van der Waals surface area contributed by atoms with Crippen molar-refractivity contribution in [2.75, 3.05) is 0 Å². The summed E-state index contributed by atoms with van der Waals surface area (Å²) in [5.41, 5.74) is 0. The van der Waals surface area contributed by atoms with Crippen LogP contribution in [0.25, 0.3) is 0 Å². The van der Waals surface area contributed by atoms with Gasteiger partial charge in [0.1, 0.15) is 0 Å². The first-order valence-electron chi connectivity index (χ1n) is 3.78. The molecule has 0 aliphatic heterocycles. The predicted molar refractivity (Wildman–Crippen MR) is 41.8 cm³/mol. The van der Waals surface area contributed by atoms with Crippen molar-refractivity contribution in [2.24, 2.45) is 5.92 Å². The van der Waals surface area contributed by atoms with Crippen LogP contribution >= 0.6 is 0 Å². The first-order chi connectivity index (χ1) is 5.43. The molecule has 2 atom stereocenters. The predicted octanol–water partition coefficient (Wildman–Crippen LogP) is -1.22. The smallest absolute Gasteiger partial charge is 0.235 e. The van der Waals surface area contributed by atoms with Crippen molar-refractivity contribution in [3.05, 3.63) is 0 Å². The molecule has 0 spiro atoms. The first kappa shape index (κ1) is 11.4. The molecule has 0 heterocycles. The lowest BCUT2D eigenvalue weighted by Gasteiger charge is -2.14. The van der Waals surface area contributed by atoms with Gasteiger partial charge in [0.05, 0.1) is 6.10 Å². The maximum absolute atomic E-state index is 10.9. The summed E-state index contributed by atoms with van der Waals surface area (Å²) in [6.07, 6.45) is -2.09. The quantitative estimate of drug-likeness (QED) is 0.405. The third-order valence-corrected chi connectivity index (χ3v) is 1.41. The van der Waals surface area contributed by atoms with E-state index < -0.39 is 24.3 Å². The summed E-state index contributed by atoms with van der Waals surface area (Å²) in [6, 6.07) is 0. The van der Waals surface area contributed by atoms with Crippen LogP contribution in [0.15, 0.2) is 0 Å². The van der Waals surface area contributed by atoms with Gasteiger partial charge >= 0.3 is 0 Å². The number of rotatable bonds is 4. The molecule has 72 valence electrons. The van der Waals surface area contributed by atoms with Crippen molar-refractivity contribution in [3.63, 3.8) is 0 Å². The van der Waals surface area contributed by atoms with Gasteiger partial charge in [-0.05, 0) is 13.3 Å². The number of aliphatic hydroxyl groups is 3. The molecule has 0 aliphatic rings. The number of carbonyl (C=O) groups excluding carboxylic acids is 1. The molecule has 2 unspecified atom stereocenters. The Kier molecular flexibility index (Phi) is 4.80. The SMILES string of the molecule is CC(O)CC(C)C(=O)NC(O)O. The number of amides is 1. The first-order valence-corrected chi connectivity index (χ1v) is 3.78. The zero-order valence-corrected chi connectivity index (χ0v) is 7.19. The molecule has 0 radical (unpaired) electrons. The Hall–Kier alpha value is -0.650. The molecule has 12 heavy (non-hydrogen) atoms. The van der Waals surface area contributed by atoms with Crippen molar-refractivity contribution in [3.8, 4) is 0 Å². The summed E-state index contributed by atoms with van der Waals surface area (Å²) in [6.45, 7) is 3.17. The fraction of sp³-hybridized carbons (Fsp3) is 0.857. The minimum absolute atomic E-state index is 0.304. The third kappa shape index (κ3) is 5.06. The highest BCUT2D eigenvalue weighted by molar-refractivity contribution is 5.78. The summed E-state index contributed by atoms with van der Waals surface area (Å²) < 4.78 is 0. The normalized spacial score (nSPS) is 15.8. The number of carbonyl (C=O) groups is 1. The zero-order chi connectivity index (χ0) is 9.72. The molecule has 5 heteroatoms. The van der Waals surface area contributed by atoms with E-state index in [9.17, 15) is 4.79 Å². The molecule has 5 nitrogen and oxygen atoms in total. The highest BCUT2D eigenvalue weighted by atomic mass is 16.5. The van der Waals surface area contributed by atoms with Gasteiger partial charge < -0.3 is 20.6 Å². The van der Waals surface area contributed by atoms with E-state index in [4.69, 9.17) is 15.3 Å². The number of hydrogen-bond donors (Lipinski definition) is 4. The van der Waals surface area contributed by atoms with E-state index in [1.807, 2.05) is 5.32 Å². The second-order valence-corrected chi connectivity index (χ2v) is 2.87. The van der Waals surface area contributed by atoms with Gasteiger partial charge in [0.15, 0.2) is 0 Å². The van der Waals surface area contributed by atoms with Crippen LogP contribution in [0.1, 0.15) is 20.3 Å². The standard InChI is InChI=1S/C7H15NO4/c1-4(3-5(2)9)6(10)8-7(11)12/h4-5,7,9,11-12H,3H2,1-2H3,(H,8,10). The number of hydrogen-bond acceptors (Lipinski definition) is 4. The topological polar surface area (TPSA) is 89.8 Å². The summed E-state index contributed by atoms with van der Waals surface area (Å²) in [7, 11) is 0. The largest absolute Gasteiger partial charge is 0.393 e. The van der Waals surface area contributed by atoms with Crippen LogP contribution in [-0.4, -0.2) is 33.7 Å². The van der Waals surface area contributed by atoms with Gasteiger partial charge in [-0.15, -0.1) is 0 Å². The van der Waals surface area contributed by atoms with Crippen molar-refractivity contribution in [1.82, 2.24) is 5.32 Å². The van der Waals surface area contributed by atoms with Gasteiger partial charge in [-0.2, -0.15) is 0 Å². The third-order valence-electron chi connectivity index (χ3n) is 1.41. The molecule has 0 aliphatic carbocycles. The average Bonchev–Trinajstić information content (AvgIpc) is 1.84. The van der Waals surface area contributed by atoms with E-state index in [2.05, 4.69) is 0 Å². The van der Waals surface area contributed by atoms with Crippen LogP contribution < -0.4 is 5.32 Å². The van der Waals surface area contributed by atoms with Gasteiger partial charge in [-0.3, -0.25) is 4.79 Å². The Morgan fingerprint density at radius 1 is 1.33 bits per heavy atom. The molecule has 0 aromatic rings. The van der Waals surface area contributed by atoms with Crippen LogP contribution in [0, 0.1) is 5.92 Å². The highest BCUT2D eigenvalue weighted by Crippen LogP contribution is 2.05. The van der Waals surface area contributed by atoms with E-state index in [0.29, 0.717) is 6.42 Å². The highest BCUT2D eigenvalue weighted by Gasteiger charge is 2.16. The fourth-order valence-corrected chi connectivity index (χ4v) is 0.888. The monoisotopic (exact) mass is 177 g/mol. The number of aliphatic hydroxyl groups excluding tert-OH is 2. The molecule has 0 saturated heterocycles. The van der Waals surface area contributed by atoms with E-state index in [1.165, 1.54) is 0 Å². The average molecular weight is 177 g/mol. The van der Waals surface area contributed by atoms with Crippen molar-refractivity contribution in [2.45, 2.75) is 32.8 Å². The molecular weight excluding hydrogens is 162 g/mol. The molecule has 0 fully saturated rings. The Labute approximate surface area is 71.0 Å². The lowest BCUT2D eigenvalue weighted by atomic mass is 10.0. The second kappa shape index (κ2) is 5.08. The minimum atomic E-state index is -1.83. The second-order valence-electron chi connectivity index (χ2n) is 2.87. The fourth-order valence-electron chi connectivity index (χ4n) is 0.888. The van der Waals surface area contributed by atoms with Gasteiger partial charge in [0, 0.05) is 5.92 Å². The Balaban J connectivity index is 3.77. The van der Waals surface area contributed by atoms with Crippen LogP contribution in [0.2, 0.25) is 0 Å². The van der Waals surface area contributed by atoms with E-state index in [0.717, 1.165) is 0 Å². The van der Waals surface area contributed by atoms with Gasteiger partial charge in [-0.25, -0.2) is 0 Å². The Bertz CT molecular complexity index is 146. The molecular formula is C7H15NO4. The molecule has 0 rings (SSSR count). The van der Waals surface area contributed by atoms with Crippen LogP contribution in [0.3, 0.4) is 0 Å². The maximum Gasteiger partial charge on any atom is 0.235 e. The summed E-state index contributed by atoms with van der Waals surface area (Å²) in [4.78, 5) is 10.9. The molecule has 0 saturated carbocycles. The van der Waals surface area contributed by atoms with Crippen LogP contribution in [-0.2, 0) is 4.79 Å². The Morgan fingerprint density at radius 3 is 2.17 bits per heavy atom. The van der Waals surface area contributed by atoms with Crippen molar-refractivity contribution >= 4 is 5.91 Å². The number of nitrogens with one attached hydrogen (secondary N) is 1. The summed E-state index contributed by atoms with van der Waals surface area (Å²) >= 11 is 0. The lowest BCUT2D eigenvalue weighted by Crippen LogP contribution is -2.38.